The molecule has 0 heterocycles. The molecule has 0 aliphatic heterocycles. The molecule has 1 aromatic carbocycles. The van der Waals surface area contributed by atoms with E-state index < -0.39 is 21.1 Å². The molecule has 5 nitrogen and oxygen atoms in total. The first-order valence-corrected chi connectivity index (χ1v) is 7.25. The summed E-state index contributed by atoms with van der Waals surface area (Å²) in [5.41, 5.74) is 0. The van der Waals surface area contributed by atoms with Crippen molar-refractivity contribution < 1.29 is 23.1 Å². The van der Waals surface area contributed by atoms with E-state index in [1.807, 2.05) is 0 Å². The maximum atomic E-state index is 11.5. The van der Waals surface area contributed by atoms with Gasteiger partial charge in [0, 0.05) is 5.02 Å². The Morgan fingerprint density at radius 2 is 1.94 bits per heavy atom. The summed E-state index contributed by atoms with van der Waals surface area (Å²) in [6.45, 7) is 1.04. The Balaban J connectivity index is 2.51. The van der Waals surface area contributed by atoms with Crippen molar-refractivity contribution in [3.8, 4) is 5.75 Å². The van der Waals surface area contributed by atoms with E-state index >= 15 is 0 Å². The Morgan fingerprint density at radius 1 is 1.39 bits per heavy atom. The third-order valence-corrected chi connectivity index (χ3v) is 4.60. The van der Waals surface area contributed by atoms with Crippen LogP contribution in [0.2, 0.25) is 5.02 Å². The number of carbonyl (C=O) groups is 1. The highest BCUT2D eigenvalue weighted by Gasteiger charge is 2.27. The minimum absolute atomic E-state index is 0.0956. The summed E-state index contributed by atoms with van der Waals surface area (Å²) < 4.78 is 28.3. The topological polar surface area (TPSA) is 80.7 Å². The molecule has 18 heavy (non-hydrogen) atoms. The van der Waals surface area contributed by atoms with Crippen molar-refractivity contribution in [3.63, 3.8) is 0 Å². The second-order valence-corrected chi connectivity index (χ2v) is 6.53. The molecule has 0 aromatic heterocycles. The van der Waals surface area contributed by atoms with Crippen LogP contribution in [0.5, 0.6) is 5.75 Å². The van der Waals surface area contributed by atoms with Crippen LogP contribution >= 0.6 is 11.6 Å². The van der Waals surface area contributed by atoms with Crippen molar-refractivity contribution in [1.29, 1.82) is 0 Å². The first-order valence-electron chi connectivity index (χ1n) is 5.15. The highest BCUT2D eigenvalue weighted by molar-refractivity contribution is 7.92. The zero-order valence-electron chi connectivity index (χ0n) is 9.67. The average Bonchev–Trinajstić information content (AvgIpc) is 2.30. The predicted octanol–water partition coefficient (Wildman–Crippen LogP) is 1.61. The van der Waals surface area contributed by atoms with E-state index in [1.54, 1.807) is 24.3 Å². The third kappa shape index (κ3) is 4.19. The molecule has 1 atom stereocenters. The molecule has 0 radical (unpaired) electrons. The van der Waals surface area contributed by atoms with Crippen LogP contribution in [0.3, 0.4) is 0 Å². The number of carboxylic acid groups (broad SMARTS) is 1. The Bertz CT molecular complexity index is 509. The van der Waals surface area contributed by atoms with Gasteiger partial charge >= 0.3 is 5.97 Å². The summed E-state index contributed by atoms with van der Waals surface area (Å²) >= 11 is 5.68. The summed E-state index contributed by atoms with van der Waals surface area (Å²) in [7, 11) is -3.69. The zero-order chi connectivity index (χ0) is 13.8. The summed E-state index contributed by atoms with van der Waals surface area (Å²) in [5, 5.41) is 7.76. The maximum absolute atomic E-state index is 11.5. The lowest BCUT2D eigenvalue weighted by atomic mass is 10.3. The number of benzene rings is 1. The van der Waals surface area contributed by atoms with Crippen LogP contribution in [0.1, 0.15) is 6.92 Å². The molecule has 7 heteroatoms. The number of sulfone groups is 1. The number of hydrogen-bond acceptors (Lipinski definition) is 4. The number of halogens is 1. The summed E-state index contributed by atoms with van der Waals surface area (Å²) in [6.07, 6.45) is 0. The Morgan fingerprint density at radius 3 is 2.44 bits per heavy atom. The van der Waals surface area contributed by atoms with Crippen molar-refractivity contribution in [3.05, 3.63) is 29.3 Å². The van der Waals surface area contributed by atoms with Crippen LogP contribution in [0.25, 0.3) is 0 Å². The highest BCUT2D eigenvalue weighted by atomic mass is 35.5. The van der Waals surface area contributed by atoms with Gasteiger partial charge in [0.1, 0.15) is 12.4 Å². The fourth-order valence-corrected chi connectivity index (χ4v) is 2.24. The van der Waals surface area contributed by atoms with Crippen molar-refractivity contribution in [2.24, 2.45) is 0 Å². The van der Waals surface area contributed by atoms with Gasteiger partial charge in [0.25, 0.3) is 0 Å². The van der Waals surface area contributed by atoms with Crippen molar-refractivity contribution in [2.75, 3.05) is 12.4 Å². The monoisotopic (exact) mass is 292 g/mol. The average molecular weight is 293 g/mol. The van der Waals surface area contributed by atoms with Crippen molar-refractivity contribution in [2.45, 2.75) is 12.2 Å². The lowest BCUT2D eigenvalue weighted by Gasteiger charge is -2.09. The van der Waals surface area contributed by atoms with Gasteiger partial charge in [-0.2, -0.15) is 0 Å². The molecule has 1 rings (SSSR count). The van der Waals surface area contributed by atoms with Gasteiger partial charge in [-0.05, 0) is 31.2 Å². The number of ether oxygens (including phenoxy) is 1. The first kappa shape index (κ1) is 14.8. The molecule has 0 bridgehead atoms. The number of hydrogen-bond donors (Lipinski definition) is 1. The number of rotatable bonds is 6. The largest absolute Gasteiger partial charge is 0.493 e. The zero-order valence-corrected chi connectivity index (χ0v) is 11.2. The van der Waals surface area contributed by atoms with E-state index in [-0.39, 0.29) is 12.4 Å². The normalized spacial score (nSPS) is 13.0. The summed E-state index contributed by atoms with van der Waals surface area (Å²) in [4.78, 5) is 10.6. The predicted molar refractivity (Wildman–Crippen MR) is 67.8 cm³/mol. The standard InChI is InChI=1S/C11H13ClO5S/c1-8(11(13)14)18(15,16)7-6-17-10-4-2-9(12)3-5-10/h2-5,8H,6-7H2,1H3,(H,13,14). The maximum Gasteiger partial charge on any atom is 0.321 e. The SMILES string of the molecule is CC(C(=O)O)S(=O)(=O)CCOc1ccc(Cl)cc1. The van der Waals surface area contributed by atoms with E-state index in [9.17, 15) is 13.2 Å². The van der Waals surface area contributed by atoms with Gasteiger partial charge < -0.3 is 9.84 Å². The van der Waals surface area contributed by atoms with Gasteiger partial charge in [-0.3, -0.25) is 4.79 Å². The van der Waals surface area contributed by atoms with E-state index in [4.69, 9.17) is 21.4 Å². The Hall–Kier alpha value is -1.27. The molecule has 0 amide bonds. The minimum atomic E-state index is -3.69. The van der Waals surface area contributed by atoms with Crippen LogP contribution in [0.4, 0.5) is 0 Å². The van der Waals surface area contributed by atoms with Crippen molar-refractivity contribution in [1.82, 2.24) is 0 Å². The van der Waals surface area contributed by atoms with E-state index in [0.717, 1.165) is 6.92 Å². The molecule has 0 fully saturated rings. The quantitative estimate of drug-likeness (QED) is 0.861. The van der Waals surface area contributed by atoms with Gasteiger partial charge in [-0.25, -0.2) is 8.42 Å². The first-order chi connectivity index (χ1) is 8.33. The van der Waals surface area contributed by atoms with E-state index in [0.29, 0.717) is 10.8 Å². The lowest BCUT2D eigenvalue weighted by Crippen LogP contribution is -2.31. The Kier molecular flexibility index (Phi) is 4.98. The van der Waals surface area contributed by atoms with Gasteiger partial charge in [0.2, 0.25) is 0 Å². The fourth-order valence-electron chi connectivity index (χ4n) is 1.14. The van der Waals surface area contributed by atoms with E-state index in [1.165, 1.54) is 0 Å². The fraction of sp³-hybridized carbons (Fsp3) is 0.364. The summed E-state index contributed by atoms with van der Waals surface area (Å²) in [5.74, 6) is -1.22. The van der Waals surface area contributed by atoms with Gasteiger partial charge in [0.15, 0.2) is 15.1 Å². The minimum Gasteiger partial charge on any atom is -0.493 e. The molecule has 1 unspecified atom stereocenters. The highest BCUT2D eigenvalue weighted by Crippen LogP contribution is 2.15. The molecule has 100 valence electrons. The van der Waals surface area contributed by atoms with Crippen LogP contribution < -0.4 is 4.74 Å². The number of aliphatic carboxylic acids is 1. The smallest absolute Gasteiger partial charge is 0.321 e. The molecule has 0 saturated heterocycles. The molecule has 0 aliphatic carbocycles. The second-order valence-electron chi connectivity index (χ2n) is 3.65. The van der Waals surface area contributed by atoms with Crippen LogP contribution in [0, 0.1) is 0 Å². The van der Waals surface area contributed by atoms with Gasteiger partial charge in [0.05, 0.1) is 5.75 Å². The molecule has 0 saturated carbocycles. The number of carboxylic acids is 1. The Labute approximate surface area is 110 Å². The molecule has 0 spiro atoms. The summed E-state index contributed by atoms with van der Waals surface area (Å²) in [6, 6.07) is 6.45. The molecular weight excluding hydrogens is 280 g/mol. The van der Waals surface area contributed by atoms with Gasteiger partial charge in [-0.15, -0.1) is 0 Å². The van der Waals surface area contributed by atoms with Crippen molar-refractivity contribution >= 4 is 27.4 Å². The van der Waals surface area contributed by atoms with Crippen LogP contribution in [0.15, 0.2) is 24.3 Å². The lowest BCUT2D eigenvalue weighted by molar-refractivity contribution is -0.136. The van der Waals surface area contributed by atoms with E-state index in [2.05, 4.69) is 0 Å². The van der Waals surface area contributed by atoms with Crippen LogP contribution in [-0.4, -0.2) is 37.1 Å². The molecule has 0 aliphatic rings. The second kappa shape index (κ2) is 6.06. The third-order valence-electron chi connectivity index (χ3n) is 2.34. The van der Waals surface area contributed by atoms with Gasteiger partial charge in [-0.1, -0.05) is 11.6 Å². The molecule has 1 aromatic rings. The van der Waals surface area contributed by atoms with Crippen LogP contribution in [-0.2, 0) is 14.6 Å². The molecule has 1 N–H and O–H groups in total. The molecular formula is C11H13ClO5S.